The van der Waals surface area contributed by atoms with E-state index in [0.717, 1.165) is 34.1 Å². The number of sulfonamides is 1. The van der Waals surface area contributed by atoms with E-state index >= 15 is 0 Å². The third-order valence-electron chi connectivity index (χ3n) is 6.78. The van der Waals surface area contributed by atoms with Gasteiger partial charge in [-0.2, -0.15) is 4.31 Å². The molecule has 10 nitrogen and oxygen atoms in total. The Bertz CT molecular complexity index is 1480. The molecule has 1 N–H and O–H groups in total. The molecular formula is C29H31FN4O6S. The van der Waals surface area contributed by atoms with Gasteiger partial charge in [-0.1, -0.05) is 30.3 Å². The highest BCUT2D eigenvalue weighted by Gasteiger charge is 2.34. The van der Waals surface area contributed by atoms with Crippen molar-refractivity contribution in [2.24, 2.45) is 0 Å². The molecule has 1 heterocycles. The van der Waals surface area contributed by atoms with Crippen LogP contribution < -0.4 is 15.0 Å². The van der Waals surface area contributed by atoms with Crippen LogP contribution in [0.3, 0.4) is 0 Å². The number of benzene rings is 3. The number of nitrogens with one attached hydrogen (secondary N) is 1. The summed E-state index contributed by atoms with van der Waals surface area (Å²) >= 11 is 0. The highest BCUT2D eigenvalue weighted by molar-refractivity contribution is 7.89. The quantitative estimate of drug-likeness (QED) is 0.391. The highest BCUT2D eigenvalue weighted by atomic mass is 32.2. The molecule has 3 amide bonds. The topological polar surface area (TPSA) is 116 Å². The van der Waals surface area contributed by atoms with Crippen LogP contribution in [-0.2, 0) is 30.8 Å². The molecule has 4 rings (SSSR count). The number of carbonyl (C=O) groups excluding carboxylic acids is 3. The molecule has 0 unspecified atom stereocenters. The number of ether oxygens (including phenoxy) is 1. The van der Waals surface area contributed by atoms with E-state index in [9.17, 15) is 27.2 Å². The Balaban J connectivity index is 1.42. The first-order chi connectivity index (χ1) is 19.6. The molecule has 41 heavy (non-hydrogen) atoms. The third-order valence-corrected chi connectivity index (χ3v) is 8.64. The van der Waals surface area contributed by atoms with E-state index in [-0.39, 0.29) is 36.9 Å². The molecule has 1 aliphatic rings. The van der Waals surface area contributed by atoms with Crippen molar-refractivity contribution >= 4 is 33.4 Å². The van der Waals surface area contributed by atoms with E-state index in [0.29, 0.717) is 11.4 Å². The zero-order valence-electron chi connectivity index (χ0n) is 22.7. The van der Waals surface area contributed by atoms with Gasteiger partial charge in [0.05, 0.1) is 25.1 Å². The molecule has 0 radical (unpaired) electrons. The Labute approximate surface area is 238 Å². The molecule has 12 heteroatoms. The zero-order valence-corrected chi connectivity index (χ0v) is 23.5. The molecule has 0 spiro atoms. The standard InChI is InChI=1S/C29H31FN4O6S/c1-32(23-10-12-24(40-2)13-11-23)29(37)26(18-21-6-4-3-5-7-21)31-27(35)19-33-16-17-34(20-28(33)36)41(38,39)25-14-8-22(30)9-15-25/h3-15,26H,16-20H2,1-2H3,(H,31,35)/t26-/m0/s1. The van der Waals surface area contributed by atoms with Crippen molar-refractivity contribution < 1.29 is 31.9 Å². The fourth-order valence-electron chi connectivity index (χ4n) is 4.44. The fourth-order valence-corrected chi connectivity index (χ4v) is 5.83. The lowest BCUT2D eigenvalue weighted by molar-refractivity contribution is -0.139. The molecule has 1 atom stereocenters. The predicted molar refractivity (Wildman–Crippen MR) is 150 cm³/mol. The van der Waals surface area contributed by atoms with Crippen LogP contribution >= 0.6 is 0 Å². The van der Waals surface area contributed by atoms with Crippen LogP contribution in [0.5, 0.6) is 5.75 Å². The van der Waals surface area contributed by atoms with E-state index in [1.807, 2.05) is 30.3 Å². The van der Waals surface area contributed by atoms with Gasteiger partial charge in [0, 0.05) is 32.2 Å². The van der Waals surface area contributed by atoms with Crippen LogP contribution in [0.15, 0.2) is 83.8 Å². The Kier molecular flexibility index (Phi) is 9.35. The number of rotatable bonds is 10. The van der Waals surface area contributed by atoms with E-state index in [2.05, 4.69) is 5.32 Å². The highest BCUT2D eigenvalue weighted by Crippen LogP contribution is 2.20. The smallest absolute Gasteiger partial charge is 0.249 e. The van der Waals surface area contributed by atoms with E-state index in [1.54, 1.807) is 38.4 Å². The minimum absolute atomic E-state index is 0.0181. The maximum absolute atomic E-state index is 13.5. The minimum atomic E-state index is -4.01. The number of hydrogen-bond donors (Lipinski definition) is 1. The Morgan fingerprint density at radius 3 is 2.27 bits per heavy atom. The predicted octanol–water partition coefficient (Wildman–Crippen LogP) is 2.06. The zero-order chi connectivity index (χ0) is 29.6. The first-order valence-electron chi connectivity index (χ1n) is 12.9. The van der Waals surface area contributed by atoms with Gasteiger partial charge < -0.3 is 19.9 Å². The number of methoxy groups -OCH3 is 1. The summed E-state index contributed by atoms with van der Waals surface area (Å²) < 4.78 is 45.2. The lowest BCUT2D eigenvalue weighted by atomic mass is 10.0. The van der Waals surface area contributed by atoms with Gasteiger partial charge in [0.1, 0.15) is 17.6 Å². The average Bonchev–Trinajstić information content (AvgIpc) is 2.98. The van der Waals surface area contributed by atoms with E-state index < -0.39 is 40.2 Å². The summed E-state index contributed by atoms with van der Waals surface area (Å²) in [7, 11) is -0.853. The molecule has 0 bridgehead atoms. The van der Waals surface area contributed by atoms with Crippen LogP contribution in [0.4, 0.5) is 10.1 Å². The van der Waals surface area contributed by atoms with Crippen molar-refractivity contribution in [2.75, 3.05) is 45.2 Å². The maximum atomic E-state index is 13.5. The summed E-state index contributed by atoms with van der Waals surface area (Å²) in [5.74, 6) is -1.40. The van der Waals surface area contributed by atoms with Gasteiger partial charge in [0.15, 0.2) is 0 Å². The summed E-state index contributed by atoms with van der Waals surface area (Å²) in [6.07, 6.45) is 0.226. The maximum Gasteiger partial charge on any atom is 0.249 e. The minimum Gasteiger partial charge on any atom is -0.497 e. The van der Waals surface area contributed by atoms with Crippen molar-refractivity contribution in [1.29, 1.82) is 0 Å². The summed E-state index contributed by atoms with van der Waals surface area (Å²) in [5.41, 5.74) is 1.45. The number of amides is 3. The average molecular weight is 583 g/mol. The van der Waals surface area contributed by atoms with Crippen LogP contribution in [-0.4, -0.2) is 81.7 Å². The number of piperazine rings is 1. The molecular weight excluding hydrogens is 551 g/mol. The molecule has 1 fully saturated rings. The van der Waals surface area contributed by atoms with Crippen LogP contribution in [0.1, 0.15) is 5.56 Å². The lowest BCUT2D eigenvalue weighted by Gasteiger charge is -2.33. The number of anilines is 1. The second-order valence-electron chi connectivity index (χ2n) is 9.51. The van der Waals surface area contributed by atoms with Gasteiger partial charge in [-0.3, -0.25) is 14.4 Å². The van der Waals surface area contributed by atoms with Crippen LogP contribution in [0.25, 0.3) is 0 Å². The van der Waals surface area contributed by atoms with Crippen molar-refractivity contribution in [2.45, 2.75) is 17.4 Å². The number of halogens is 1. The molecule has 1 saturated heterocycles. The first-order valence-corrected chi connectivity index (χ1v) is 14.3. The molecule has 0 aliphatic carbocycles. The number of hydrogen-bond acceptors (Lipinski definition) is 6. The first kappa shape index (κ1) is 29.7. The third kappa shape index (κ3) is 7.27. The van der Waals surface area contributed by atoms with Crippen molar-refractivity contribution in [3.05, 3.63) is 90.2 Å². The van der Waals surface area contributed by atoms with Gasteiger partial charge in [-0.25, -0.2) is 12.8 Å². The van der Waals surface area contributed by atoms with Gasteiger partial charge in [0.2, 0.25) is 27.7 Å². The van der Waals surface area contributed by atoms with Crippen LogP contribution in [0, 0.1) is 5.82 Å². The number of carbonyl (C=O) groups is 3. The molecule has 0 aromatic heterocycles. The summed E-state index contributed by atoms with van der Waals surface area (Å²) in [5, 5.41) is 2.76. The van der Waals surface area contributed by atoms with Gasteiger partial charge >= 0.3 is 0 Å². The van der Waals surface area contributed by atoms with E-state index in [1.165, 1.54) is 9.80 Å². The second-order valence-corrected chi connectivity index (χ2v) is 11.5. The van der Waals surface area contributed by atoms with Crippen molar-refractivity contribution in [3.8, 4) is 5.75 Å². The Morgan fingerprint density at radius 1 is 1.00 bits per heavy atom. The number of likely N-dealkylation sites (N-methyl/N-ethyl adjacent to an activating group) is 1. The fraction of sp³-hybridized carbons (Fsp3) is 0.276. The Morgan fingerprint density at radius 2 is 1.66 bits per heavy atom. The SMILES string of the molecule is COc1ccc(N(C)C(=O)[C@H](Cc2ccccc2)NC(=O)CN2CCN(S(=O)(=O)c3ccc(F)cc3)CC2=O)cc1. The van der Waals surface area contributed by atoms with Crippen LogP contribution in [0.2, 0.25) is 0 Å². The van der Waals surface area contributed by atoms with Gasteiger partial charge in [0.25, 0.3) is 0 Å². The van der Waals surface area contributed by atoms with Crippen molar-refractivity contribution in [1.82, 2.24) is 14.5 Å². The molecule has 3 aromatic rings. The van der Waals surface area contributed by atoms with E-state index in [4.69, 9.17) is 4.74 Å². The van der Waals surface area contributed by atoms with Crippen molar-refractivity contribution in [3.63, 3.8) is 0 Å². The van der Waals surface area contributed by atoms with Gasteiger partial charge in [-0.05, 0) is 54.1 Å². The van der Waals surface area contributed by atoms with Gasteiger partial charge in [-0.15, -0.1) is 0 Å². The number of nitrogens with zero attached hydrogens (tertiary/aromatic N) is 3. The summed E-state index contributed by atoms with van der Waals surface area (Å²) in [4.78, 5) is 42.0. The summed E-state index contributed by atoms with van der Waals surface area (Å²) in [6, 6.07) is 19.6. The normalized spacial score (nSPS) is 14.8. The largest absolute Gasteiger partial charge is 0.497 e. The molecule has 3 aromatic carbocycles. The molecule has 216 valence electrons. The monoisotopic (exact) mass is 582 g/mol. The molecule has 1 aliphatic heterocycles. The lowest BCUT2D eigenvalue weighted by Crippen LogP contribution is -2.56. The molecule has 0 saturated carbocycles. The second kappa shape index (κ2) is 12.9. The Hall–Kier alpha value is -4.29. The summed E-state index contributed by atoms with van der Waals surface area (Å²) in [6.45, 7) is -0.852.